The Morgan fingerprint density at radius 1 is 1.16 bits per heavy atom. The van der Waals surface area contributed by atoms with Crippen LogP contribution in [-0.2, 0) is 0 Å². The Hall–Kier alpha value is -1.78. The molecule has 19 heavy (non-hydrogen) atoms. The summed E-state index contributed by atoms with van der Waals surface area (Å²) in [7, 11) is 0. The van der Waals surface area contributed by atoms with Gasteiger partial charge in [0.15, 0.2) is 0 Å². The highest BCUT2D eigenvalue weighted by Gasteiger charge is 2.34. The standard InChI is InChI=1S/C14H15N3O.ClH/c15-13-7-12(13)9-1-6-14(16-8-9)17-10-2-4-11(18)5-3-10;/h1-6,8,12-13,18H,7,15H2,(H,16,17);1H/t12-,13+;/m0./s1. The molecule has 1 aliphatic rings. The van der Waals surface area contributed by atoms with Gasteiger partial charge in [0, 0.05) is 23.8 Å². The molecule has 1 aromatic heterocycles. The SMILES string of the molecule is Cl.N[C@@H]1C[C@H]1c1ccc(Nc2ccc(O)cc2)nc1. The summed E-state index contributed by atoms with van der Waals surface area (Å²) in [5, 5.41) is 12.4. The molecule has 0 unspecified atom stereocenters. The van der Waals surface area contributed by atoms with Crippen LogP contribution in [0.4, 0.5) is 11.5 Å². The topological polar surface area (TPSA) is 71.2 Å². The van der Waals surface area contributed by atoms with E-state index in [-0.39, 0.29) is 18.2 Å². The monoisotopic (exact) mass is 277 g/mol. The highest BCUT2D eigenvalue weighted by molar-refractivity contribution is 5.85. The molecule has 100 valence electrons. The molecule has 4 nitrogen and oxygen atoms in total. The number of aromatic nitrogens is 1. The number of phenols is 1. The number of halogens is 1. The van der Waals surface area contributed by atoms with E-state index >= 15 is 0 Å². The van der Waals surface area contributed by atoms with Gasteiger partial charge in [-0.1, -0.05) is 6.07 Å². The fourth-order valence-electron chi connectivity index (χ4n) is 1.99. The lowest BCUT2D eigenvalue weighted by molar-refractivity contribution is 0.475. The molecular formula is C14H16ClN3O. The Bertz CT molecular complexity index is 542. The fourth-order valence-corrected chi connectivity index (χ4v) is 1.99. The van der Waals surface area contributed by atoms with Crippen LogP contribution in [0.15, 0.2) is 42.6 Å². The highest BCUT2D eigenvalue weighted by Crippen LogP contribution is 2.38. The van der Waals surface area contributed by atoms with Crippen molar-refractivity contribution in [2.24, 2.45) is 5.73 Å². The van der Waals surface area contributed by atoms with Gasteiger partial charge in [0.25, 0.3) is 0 Å². The molecule has 1 saturated carbocycles. The molecule has 1 aliphatic carbocycles. The predicted octanol–water partition coefficient (Wildman–Crippen LogP) is 2.77. The number of hydrogen-bond acceptors (Lipinski definition) is 4. The first-order valence-electron chi connectivity index (χ1n) is 6.00. The van der Waals surface area contributed by atoms with Crippen LogP contribution < -0.4 is 11.1 Å². The summed E-state index contributed by atoms with van der Waals surface area (Å²) in [6.45, 7) is 0. The van der Waals surface area contributed by atoms with Gasteiger partial charge in [0.05, 0.1) is 0 Å². The molecule has 4 N–H and O–H groups in total. The Morgan fingerprint density at radius 2 is 1.84 bits per heavy atom. The van der Waals surface area contributed by atoms with Gasteiger partial charge in [0.2, 0.25) is 0 Å². The molecule has 1 fully saturated rings. The van der Waals surface area contributed by atoms with Crippen molar-refractivity contribution in [3.63, 3.8) is 0 Å². The minimum Gasteiger partial charge on any atom is -0.508 e. The van der Waals surface area contributed by atoms with Crippen molar-refractivity contribution in [1.29, 1.82) is 0 Å². The average Bonchev–Trinajstić information content (AvgIpc) is 3.10. The minimum atomic E-state index is 0. The van der Waals surface area contributed by atoms with Crippen molar-refractivity contribution in [3.8, 4) is 5.75 Å². The zero-order chi connectivity index (χ0) is 12.5. The molecule has 0 saturated heterocycles. The maximum Gasteiger partial charge on any atom is 0.130 e. The number of hydrogen-bond donors (Lipinski definition) is 3. The van der Waals surface area contributed by atoms with Crippen molar-refractivity contribution in [2.75, 3.05) is 5.32 Å². The molecule has 5 heteroatoms. The first-order chi connectivity index (χ1) is 8.72. The summed E-state index contributed by atoms with van der Waals surface area (Å²) in [6.07, 6.45) is 2.94. The van der Waals surface area contributed by atoms with Crippen molar-refractivity contribution in [2.45, 2.75) is 18.4 Å². The summed E-state index contributed by atoms with van der Waals surface area (Å²) < 4.78 is 0. The molecule has 2 aromatic rings. The number of aromatic hydroxyl groups is 1. The molecule has 2 atom stereocenters. The largest absolute Gasteiger partial charge is 0.508 e. The number of rotatable bonds is 3. The lowest BCUT2D eigenvalue weighted by Gasteiger charge is -2.06. The third kappa shape index (κ3) is 3.16. The normalized spacial score (nSPS) is 20.5. The lowest BCUT2D eigenvalue weighted by Crippen LogP contribution is -2.01. The van der Waals surface area contributed by atoms with Crippen molar-refractivity contribution < 1.29 is 5.11 Å². The summed E-state index contributed by atoms with van der Waals surface area (Å²) in [4.78, 5) is 4.36. The van der Waals surface area contributed by atoms with Crippen molar-refractivity contribution >= 4 is 23.9 Å². The summed E-state index contributed by atoms with van der Waals surface area (Å²) >= 11 is 0. The molecule has 0 spiro atoms. The van der Waals surface area contributed by atoms with E-state index in [4.69, 9.17) is 5.73 Å². The van der Waals surface area contributed by atoms with Crippen LogP contribution in [0.25, 0.3) is 0 Å². The molecule has 0 radical (unpaired) electrons. The number of benzene rings is 1. The van der Waals surface area contributed by atoms with E-state index < -0.39 is 0 Å². The zero-order valence-corrected chi connectivity index (χ0v) is 11.1. The average molecular weight is 278 g/mol. The first kappa shape index (κ1) is 13.6. The van der Waals surface area contributed by atoms with Crippen molar-refractivity contribution in [3.05, 3.63) is 48.2 Å². The van der Waals surface area contributed by atoms with Crippen LogP contribution in [0.1, 0.15) is 17.9 Å². The van der Waals surface area contributed by atoms with Crippen LogP contribution >= 0.6 is 12.4 Å². The maximum absolute atomic E-state index is 9.20. The van der Waals surface area contributed by atoms with Gasteiger partial charge in [-0.15, -0.1) is 12.4 Å². The van der Waals surface area contributed by atoms with Gasteiger partial charge in [-0.3, -0.25) is 0 Å². The van der Waals surface area contributed by atoms with Gasteiger partial charge < -0.3 is 16.2 Å². The van der Waals surface area contributed by atoms with E-state index in [0.717, 1.165) is 17.9 Å². The van der Waals surface area contributed by atoms with Crippen LogP contribution in [0.5, 0.6) is 5.75 Å². The number of nitrogens with two attached hydrogens (primary N) is 1. The second-order valence-corrected chi connectivity index (χ2v) is 4.65. The predicted molar refractivity (Wildman–Crippen MR) is 78.2 cm³/mol. The van der Waals surface area contributed by atoms with Crippen LogP contribution in [0.2, 0.25) is 0 Å². The molecule has 1 heterocycles. The second kappa shape index (κ2) is 5.47. The quantitative estimate of drug-likeness (QED) is 0.755. The Morgan fingerprint density at radius 3 is 2.37 bits per heavy atom. The van der Waals surface area contributed by atoms with Crippen molar-refractivity contribution in [1.82, 2.24) is 4.98 Å². The Kier molecular flexibility index (Phi) is 3.93. The molecule has 3 rings (SSSR count). The number of nitrogens with zero attached hydrogens (tertiary/aromatic N) is 1. The minimum absolute atomic E-state index is 0. The molecular weight excluding hydrogens is 262 g/mol. The van der Waals surface area contributed by atoms with Gasteiger partial charge in [-0.25, -0.2) is 4.98 Å². The van der Waals surface area contributed by atoms with E-state index in [1.54, 1.807) is 12.1 Å². The van der Waals surface area contributed by atoms with Gasteiger partial charge in [-0.2, -0.15) is 0 Å². The molecule has 0 aliphatic heterocycles. The smallest absolute Gasteiger partial charge is 0.130 e. The maximum atomic E-state index is 9.20. The third-order valence-electron chi connectivity index (χ3n) is 3.19. The van der Waals surface area contributed by atoms with Crippen LogP contribution in [-0.4, -0.2) is 16.1 Å². The molecule has 1 aromatic carbocycles. The van der Waals surface area contributed by atoms with E-state index in [9.17, 15) is 5.11 Å². The number of anilines is 2. The summed E-state index contributed by atoms with van der Waals surface area (Å²) in [5.74, 6) is 1.53. The number of phenolic OH excluding ortho intramolecular Hbond substituents is 1. The van der Waals surface area contributed by atoms with E-state index in [0.29, 0.717) is 12.0 Å². The van der Waals surface area contributed by atoms with Gasteiger partial charge in [0.1, 0.15) is 11.6 Å². The Labute approximate surface area is 118 Å². The second-order valence-electron chi connectivity index (χ2n) is 4.65. The summed E-state index contributed by atoms with van der Waals surface area (Å²) in [6, 6.07) is 11.2. The van der Waals surface area contributed by atoms with Crippen LogP contribution in [0.3, 0.4) is 0 Å². The fraction of sp³-hybridized carbons (Fsp3) is 0.214. The number of pyridine rings is 1. The number of nitrogens with one attached hydrogen (secondary N) is 1. The first-order valence-corrected chi connectivity index (χ1v) is 6.00. The van der Waals surface area contributed by atoms with Gasteiger partial charge in [-0.05, 0) is 42.3 Å². The molecule has 0 amide bonds. The highest BCUT2D eigenvalue weighted by atomic mass is 35.5. The van der Waals surface area contributed by atoms with E-state index in [1.165, 1.54) is 5.56 Å². The van der Waals surface area contributed by atoms with Crippen LogP contribution in [0, 0.1) is 0 Å². The molecule has 0 bridgehead atoms. The zero-order valence-electron chi connectivity index (χ0n) is 10.3. The summed E-state index contributed by atoms with van der Waals surface area (Å²) in [5.41, 5.74) is 7.91. The van der Waals surface area contributed by atoms with Gasteiger partial charge >= 0.3 is 0 Å². The van der Waals surface area contributed by atoms with E-state index in [2.05, 4.69) is 16.4 Å². The lowest BCUT2D eigenvalue weighted by atomic mass is 10.2. The third-order valence-corrected chi connectivity index (χ3v) is 3.19. The van der Waals surface area contributed by atoms with E-state index in [1.807, 2.05) is 24.4 Å². The Balaban J connectivity index is 0.00000133.